The van der Waals surface area contributed by atoms with Gasteiger partial charge in [0.05, 0.1) is 0 Å². The smallest absolute Gasteiger partial charge is 0.123 e. The number of aliphatic hydroxyl groups excluding tert-OH is 1. The number of nitrogens with one attached hydrogen (secondary N) is 1. The summed E-state index contributed by atoms with van der Waals surface area (Å²) in [6, 6.07) is 6.36. The molecule has 3 nitrogen and oxygen atoms in total. The number of hydrogen-bond donors (Lipinski definition) is 2. The van der Waals surface area contributed by atoms with E-state index in [-0.39, 0.29) is 12.4 Å². The Kier molecular flexibility index (Phi) is 5.80. The Balaban J connectivity index is 1.62. The van der Waals surface area contributed by atoms with Crippen molar-refractivity contribution in [1.29, 1.82) is 0 Å². The fourth-order valence-corrected chi connectivity index (χ4v) is 2.55. The lowest BCUT2D eigenvalue weighted by Crippen LogP contribution is -2.39. The van der Waals surface area contributed by atoms with Gasteiger partial charge in [-0.25, -0.2) is 4.39 Å². The molecule has 0 aromatic heterocycles. The normalized spacial score (nSPS) is 24.4. The van der Waals surface area contributed by atoms with Crippen molar-refractivity contribution >= 4 is 0 Å². The van der Waals surface area contributed by atoms with E-state index in [1.54, 1.807) is 12.1 Å². The van der Waals surface area contributed by atoms with Gasteiger partial charge in [-0.05, 0) is 55.9 Å². The van der Waals surface area contributed by atoms with Crippen LogP contribution in [-0.4, -0.2) is 30.4 Å². The van der Waals surface area contributed by atoms with Gasteiger partial charge in [-0.2, -0.15) is 0 Å². The summed E-state index contributed by atoms with van der Waals surface area (Å²) in [6.07, 6.45) is 4.36. The van der Waals surface area contributed by atoms with Gasteiger partial charge in [0.2, 0.25) is 0 Å². The highest BCUT2D eigenvalue weighted by Crippen LogP contribution is 2.23. The molecule has 2 N–H and O–H groups in total. The number of halogens is 1. The van der Waals surface area contributed by atoms with Crippen molar-refractivity contribution in [3.63, 3.8) is 0 Å². The highest BCUT2D eigenvalue weighted by Gasteiger charge is 2.18. The molecule has 0 heterocycles. The highest BCUT2D eigenvalue weighted by molar-refractivity contribution is 5.22. The fourth-order valence-electron chi connectivity index (χ4n) is 2.55. The van der Waals surface area contributed by atoms with Crippen LogP contribution in [0.5, 0.6) is 5.75 Å². The third kappa shape index (κ3) is 5.10. The second kappa shape index (κ2) is 7.60. The van der Waals surface area contributed by atoms with Crippen molar-refractivity contribution in [1.82, 2.24) is 5.32 Å². The minimum atomic E-state index is -0.542. The average Bonchev–Trinajstić information content (AvgIpc) is 2.46. The minimum Gasteiger partial charge on any atom is -0.491 e. The van der Waals surface area contributed by atoms with Gasteiger partial charge in [0.15, 0.2) is 0 Å². The van der Waals surface area contributed by atoms with E-state index in [0.29, 0.717) is 18.3 Å². The molecular weight excluding hydrogens is 257 g/mol. The molecule has 0 saturated heterocycles. The molecule has 1 aliphatic carbocycles. The van der Waals surface area contributed by atoms with E-state index in [9.17, 15) is 9.50 Å². The molecule has 0 radical (unpaired) electrons. The summed E-state index contributed by atoms with van der Waals surface area (Å²) in [7, 11) is 0. The van der Waals surface area contributed by atoms with Gasteiger partial charge in [-0.3, -0.25) is 0 Å². The lowest BCUT2D eigenvalue weighted by molar-refractivity contribution is 0.101. The summed E-state index contributed by atoms with van der Waals surface area (Å²) in [5, 5.41) is 13.3. The molecule has 1 unspecified atom stereocenters. The third-order valence-electron chi connectivity index (χ3n) is 3.91. The van der Waals surface area contributed by atoms with Crippen LogP contribution in [0.3, 0.4) is 0 Å². The van der Waals surface area contributed by atoms with Crippen molar-refractivity contribution in [2.45, 2.75) is 44.8 Å². The summed E-state index contributed by atoms with van der Waals surface area (Å²) in [6.45, 7) is 3.06. The molecule has 1 aromatic rings. The monoisotopic (exact) mass is 281 g/mol. The first-order valence-electron chi connectivity index (χ1n) is 7.43. The molecule has 1 aromatic carbocycles. The Morgan fingerprint density at radius 1 is 1.25 bits per heavy atom. The highest BCUT2D eigenvalue weighted by atomic mass is 19.1. The zero-order valence-electron chi connectivity index (χ0n) is 12.0. The molecule has 2 rings (SSSR count). The zero-order chi connectivity index (χ0) is 14.4. The lowest BCUT2D eigenvalue weighted by Gasteiger charge is -2.27. The summed E-state index contributed by atoms with van der Waals surface area (Å²) >= 11 is 0. The second-order valence-electron chi connectivity index (χ2n) is 5.78. The maximum atomic E-state index is 12.7. The minimum absolute atomic E-state index is 0.224. The van der Waals surface area contributed by atoms with Crippen LogP contribution in [0.1, 0.15) is 32.6 Å². The first kappa shape index (κ1) is 15.3. The van der Waals surface area contributed by atoms with Crippen LogP contribution in [0.15, 0.2) is 24.3 Å². The molecule has 0 spiro atoms. The molecule has 4 heteroatoms. The van der Waals surface area contributed by atoms with Crippen LogP contribution >= 0.6 is 0 Å². The first-order valence-corrected chi connectivity index (χ1v) is 7.43. The average molecular weight is 281 g/mol. The Morgan fingerprint density at radius 3 is 2.55 bits per heavy atom. The second-order valence-corrected chi connectivity index (χ2v) is 5.78. The van der Waals surface area contributed by atoms with E-state index in [1.165, 1.54) is 37.8 Å². The molecular formula is C16H24FNO2. The summed E-state index contributed by atoms with van der Waals surface area (Å²) < 4.78 is 18.1. The van der Waals surface area contributed by atoms with Crippen molar-refractivity contribution in [3.05, 3.63) is 30.1 Å². The quantitative estimate of drug-likeness (QED) is 0.842. The van der Waals surface area contributed by atoms with Crippen molar-refractivity contribution < 1.29 is 14.2 Å². The van der Waals surface area contributed by atoms with Crippen molar-refractivity contribution in [2.24, 2.45) is 5.92 Å². The molecule has 112 valence electrons. The summed E-state index contributed by atoms with van der Waals surface area (Å²) in [4.78, 5) is 0. The van der Waals surface area contributed by atoms with Gasteiger partial charge < -0.3 is 15.2 Å². The van der Waals surface area contributed by atoms with Crippen LogP contribution in [0.2, 0.25) is 0 Å². The van der Waals surface area contributed by atoms with Crippen LogP contribution in [0.25, 0.3) is 0 Å². The number of ether oxygens (including phenoxy) is 1. The van der Waals surface area contributed by atoms with E-state index >= 15 is 0 Å². The first-order chi connectivity index (χ1) is 9.63. The van der Waals surface area contributed by atoms with Gasteiger partial charge in [-0.1, -0.05) is 6.92 Å². The Labute approximate surface area is 120 Å². The summed E-state index contributed by atoms with van der Waals surface area (Å²) in [5.41, 5.74) is 0. The van der Waals surface area contributed by atoms with Crippen LogP contribution in [0.4, 0.5) is 4.39 Å². The SMILES string of the molecule is CC1CCC(NCC(O)COc2ccc(F)cc2)CC1. The number of benzene rings is 1. The number of aliphatic hydroxyl groups is 1. The largest absolute Gasteiger partial charge is 0.491 e. The van der Waals surface area contributed by atoms with E-state index in [0.717, 1.165) is 5.92 Å². The fraction of sp³-hybridized carbons (Fsp3) is 0.625. The van der Waals surface area contributed by atoms with E-state index in [1.807, 2.05) is 0 Å². The topological polar surface area (TPSA) is 41.5 Å². The van der Waals surface area contributed by atoms with Crippen LogP contribution < -0.4 is 10.1 Å². The number of hydrogen-bond acceptors (Lipinski definition) is 3. The van der Waals surface area contributed by atoms with Crippen molar-refractivity contribution in [2.75, 3.05) is 13.2 Å². The van der Waals surface area contributed by atoms with Crippen molar-refractivity contribution in [3.8, 4) is 5.75 Å². The maximum Gasteiger partial charge on any atom is 0.123 e. The maximum absolute atomic E-state index is 12.7. The lowest BCUT2D eigenvalue weighted by atomic mass is 9.87. The predicted molar refractivity (Wildman–Crippen MR) is 77.3 cm³/mol. The molecule has 1 aliphatic rings. The standard InChI is InChI=1S/C16H24FNO2/c1-12-2-6-14(7-3-12)18-10-15(19)11-20-16-8-4-13(17)5-9-16/h4-5,8-9,12,14-15,18-19H,2-3,6-7,10-11H2,1H3. The Hall–Kier alpha value is -1.13. The Bertz CT molecular complexity index is 388. The van der Waals surface area contributed by atoms with E-state index < -0.39 is 6.10 Å². The van der Waals surface area contributed by atoms with E-state index in [4.69, 9.17) is 4.74 Å². The third-order valence-corrected chi connectivity index (χ3v) is 3.91. The van der Waals surface area contributed by atoms with Gasteiger partial charge >= 0.3 is 0 Å². The molecule has 0 amide bonds. The van der Waals surface area contributed by atoms with Gasteiger partial charge in [0, 0.05) is 12.6 Å². The Morgan fingerprint density at radius 2 is 1.90 bits per heavy atom. The van der Waals surface area contributed by atoms with Gasteiger partial charge in [-0.15, -0.1) is 0 Å². The molecule has 0 bridgehead atoms. The molecule has 1 atom stereocenters. The van der Waals surface area contributed by atoms with Crippen LogP contribution in [0, 0.1) is 11.7 Å². The molecule has 20 heavy (non-hydrogen) atoms. The summed E-state index contributed by atoms with van der Waals surface area (Å²) in [5.74, 6) is 1.13. The zero-order valence-corrected chi connectivity index (χ0v) is 12.0. The number of rotatable bonds is 6. The van der Waals surface area contributed by atoms with Crippen LogP contribution in [-0.2, 0) is 0 Å². The predicted octanol–water partition coefficient (Wildman–Crippen LogP) is 2.73. The molecule has 1 saturated carbocycles. The van der Waals surface area contributed by atoms with Gasteiger partial charge in [0.25, 0.3) is 0 Å². The molecule has 1 fully saturated rings. The van der Waals surface area contributed by atoms with Gasteiger partial charge in [0.1, 0.15) is 24.3 Å². The molecule has 0 aliphatic heterocycles. The van der Waals surface area contributed by atoms with E-state index in [2.05, 4.69) is 12.2 Å².